The van der Waals surface area contributed by atoms with Crippen molar-refractivity contribution in [1.29, 1.82) is 0 Å². The first-order chi connectivity index (χ1) is 6.38. The fraction of sp³-hybridized carbons (Fsp3) is 0.400. The number of hydrogen-bond donors (Lipinski definition) is 0. The molecule has 0 atom stereocenters. The molecule has 70 valence electrons. The largest absolute Gasteiger partial charge is 0.659 e. The van der Waals surface area contributed by atoms with E-state index < -0.39 is 0 Å². The summed E-state index contributed by atoms with van der Waals surface area (Å²) in [4.78, 5) is 2.04. The van der Waals surface area contributed by atoms with Crippen molar-refractivity contribution in [2.75, 3.05) is 31.1 Å². The van der Waals surface area contributed by atoms with Crippen molar-refractivity contribution in [2.24, 2.45) is 0 Å². The number of para-hydroxylation sites is 1. The zero-order valence-electron chi connectivity index (χ0n) is 7.41. The number of benzene rings is 1. The molecule has 2 nitrogen and oxygen atoms in total. The molecule has 0 bridgehead atoms. The molecule has 0 unspecified atom stereocenters. The Morgan fingerprint density at radius 3 is 2.54 bits per heavy atom. The molecule has 0 aliphatic carbocycles. The Bertz CT molecular complexity index is 282. The van der Waals surface area contributed by atoms with Gasteiger partial charge in [-0.15, -0.1) is 13.1 Å². The van der Waals surface area contributed by atoms with E-state index in [1.807, 2.05) is 17.0 Å². The summed E-state index contributed by atoms with van der Waals surface area (Å²) < 4.78 is 13.3. The van der Waals surface area contributed by atoms with Crippen LogP contribution in [0.5, 0.6) is 0 Å². The average molecular weight is 179 g/mol. The molecule has 1 saturated heterocycles. The Kier molecular flexibility index (Phi) is 2.45. The molecular formula is C10H12FN2-. The van der Waals surface area contributed by atoms with Gasteiger partial charge in [-0.05, 0) is 25.2 Å². The molecule has 1 aliphatic heterocycles. The standard InChI is InChI=1S/C10H12FN2/c11-9-3-1-2-4-10(9)13-7-5-12-6-8-13/h1-4H,5-8H2/q-1. The van der Waals surface area contributed by atoms with Crippen LogP contribution in [0.25, 0.3) is 5.32 Å². The second kappa shape index (κ2) is 3.75. The molecule has 1 aliphatic rings. The Morgan fingerprint density at radius 1 is 1.15 bits per heavy atom. The van der Waals surface area contributed by atoms with Crippen LogP contribution in [0.1, 0.15) is 0 Å². The van der Waals surface area contributed by atoms with Crippen molar-refractivity contribution < 1.29 is 4.39 Å². The van der Waals surface area contributed by atoms with E-state index in [2.05, 4.69) is 5.32 Å². The van der Waals surface area contributed by atoms with Gasteiger partial charge in [-0.2, -0.15) is 0 Å². The molecule has 0 N–H and O–H groups in total. The molecule has 0 spiro atoms. The van der Waals surface area contributed by atoms with Crippen LogP contribution in [0.4, 0.5) is 10.1 Å². The minimum Gasteiger partial charge on any atom is -0.659 e. The highest BCUT2D eigenvalue weighted by Gasteiger charge is 2.09. The molecule has 0 aromatic heterocycles. The van der Waals surface area contributed by atoms with Gasteiger partial charge in [0.2, 0.25) is 0 Å². The lowest BCUT2D eigenvalue weighted by atomic mass is 10.2. The Balaban J connectivity index is 2.18. The first kappa shape index (κ1) is 8.51. The fourth-order valence-electron chi connectivity index (χ4n) is 1.56. The van der Waals surface area contributed by atoms with Crippen molar-refractivity contribution in [3.8, 4) is 0 Å². The zero-order chi connectivity index (χ0) is 9.10. The van der Waals surface area contributed by atoms with E-state index in [0.717, 1.165) is 26.2 Å². The van der Waals surface area contributed by atoms with Gasteiger partial charge in [0.1, 0.15) is 5.82 Å². The summed E-state index contributed by atoms with van der Waals surface area (Å²) in [6, 6.07) is 6.90. The maximum absolute atomic E-state index is 13.3. The van der Waals surface area contributed by atoms with Gasteiger partial charge in [-0.25, -0.2) is 4.39 Å². The molecule has 0 amide bonds. The molecule has 3 heteroatoms. The summed E-state index contributed by atoms with van der Waals surface area (Å²) in [5.41, 5.74) is 0.706. The second-order valence-corrected chi connectivity index (χ2v) is 3.11. The van der Waals surface area contributed by atoms with E-state index in [1.54, 1.807) is 6.07 Å². The first-order valence-corrected chi connectivity index (χ1v) is 4.50. The van der Waals surface area contributed by atoms with Crippen LogP contribution in [0, 0.1) is 5.82 Å². The lowest BCUT2D eigenvalue weighted by molar-refractivity contribution is 0.614. The number of hydrogen-bond acceptors (Lipinski definition) is 1. The second-order valence-electron chi connectivity index (χ2n) is 3.11. The highest BCUT2D eigenvalue weighted by Crippen LogP contribution is 2.19. The van der Waals surface area contributed by atoms with Gasteiger partial charge in [-0.3, -0.25) is 0 Å². The predicted octanol–water partition coefficient (Wildman–Crippen LogP) is 2.02. The van der Waals surface area contributed by atoms with Crippen LogP contribution >= 0.6 is 0 Å². The average Bonchev–Trinajstić information content (AvgIpc) is 2.20. The van der Waals surface area contributed by atoms with Crippen LogP contribution < -0.4 is 4.90 Å². The summed E-state index contributed by atoms with van der Waals surface area (Å²) in [6.45, 7) is 3.30. The quantitative estimate of drug-likeness (QED) is 0.644. The van der Waals surface area contributed by atoms with E-state index in [-0.39, 0.29) is 5.82 Å². The molecule has 1 fully saturated rings. The molecule has 13 heavy (non-hydrogen) atoms. The van der Waals surface area contributed by atoms with Crippen molar-refractivity contribution in [3.05, 3.63) is 35.4 Å². The lowest BCUT2D eigenvalue weighted by Crippen LogP contribution is -2.34. The molecule has 1 aromatic rings. The van der Waals surface area contributed by atoms with Gasteiger partial charge in [0, 0.05) is 0 Å². The third-order valence-corrected chi connectivity index (χ3v) is 2.25. The number of piperazine rings is 1. The van der Waals surface area contributed by atoms with Crippen molar-refractivity contribution in [3.63, 3.8) is 0 Å². The van der Waals surface area contributed by atoms with Crippen molar-refractivity contribution in [2.45, 2.75) is 0 Å². The summed E-state index contributed by atoms with van der Waals surface area (Å²) >= 11 is 0. The summed E-state index contributed by atoms with van der Waals surface area (Å²) in [7, 11) is 0. The number of anilines is 1. The monoisotopic (exact) mass is 179 g/mol. The van der Waals surface area contributed by atoms with Crippen LogP contribution in [-0.2, 0) is 0 Å². The van der Waals surface area contributed by atoms with E-state index in [1.165, 1.54) is 6.07 Å². The molecule has 0 saturated carbocycles. The molecule has 1 aromatic carbocycles. The van der Waals surface area contributed by atoms with Gasteiger partial charge in [-0.1, -0.05) is 12.1 Å². The van der Waals surface area contributed by atoms with E-state index in [4.69, 9.17) is 0 Å². The fourth-order valence-corrected chi connectivity index (χ4v) is 1.56. The van der Waals surface area contributed by atoms with Crippen LogP contribution in [0.2, 0.25) is 0 Å². The van der Waals surface area contributed by atoms with E-state index in [9.17, 15) is 4.39 Å². The molecule has 1 heterocycles. The topological polar surface area (TPSA) is 17.3 Å². The zero-order valence-corrected chi connectivity index (χ0v) is 7.41. The highest BCUT2D eigenvalue weighted by atomic mass is 19.1. The third-order valence-electron chi connectivity index (χ3n) is 2.25. The van der Waals surface area contributed by atoms with Gasteiger partial charge in [0.25, 0.3) is 0 Å². The summed E-state index contributed by atoms with van der Waals surface area (Å²) in [6.07, 6.45) is 0. The maximum atomic E-state index is 13.3. The predicted molar refractivity (Wildman–Crippen MR) is 51.7 cm³/mol. The van der Waals surface area contributed by atoms with Crippen molar-refractivity contribution in [1.82, 2.24) is 0 Å². The summed E-state index contributed by atoms with van der Waals surface area (Å²) in [5, 5.41) is 4.22. The lowest BCUT2D eigenvalue weighted by Gasteiger charge is -2.36. The summed E-state index contributed by atoms with van der Waals surface area (Å²) in [5.74, 6) is -0.135. The van der Waals surface area contributed by atoms with Crippen molar-refractivity contribution >= 4 is 5.69 Å². The number of nitrogens with zero attached hydrogens (tertiary/aromatic N) is 2. The number of halogens is 1. The molecule has 0 radical (unpaired) electrons. The maximum Gasteiger partial charge on any atom is 0.146 e. The van der Waals surface area contributed by atoms with Gasteiger partial charge in [0.15, 0.2) is 0 Å². The normalized spacial score (nSPS) is 17.5. The van der Waals surface area contributed by atoms with E-state index >= 15 is 0 Å². The smallest absolute Gasteiger partial charge is 0.146 e. The minimum absolute atomic E-state index is 0.135. The number of rotatable bonds is 1. The van der Waals surface area contributed by atoms with Gasteiger partial charge < -0.3 is 10.2 Å². The Labute approximate surface area is 77.4 Å². The molecular weight excluding hydrogens is 167 g/mol. The first-order valence-electron chi connectivity index (χ1n) is 4.50. The van der Waals surface area contributed by atoms with Gasteiger partial charge >= 0.3 is 0 Å². The van der Waals surface area contributed by atoms with Crippen LogP contribution in [0.3, 0.4) is 0 Å². The molecule has 2 rings (SSSR count). The van der Waals surface area contributed by atoms with Crippen LogP contribution in [-0.4, -0.2) is 26.2 Å². The highest BCUT2D eigenvalue weighted by molar-refractivity contribution is 5.48. The Hall–Kier alpha value is -1.09. The minimum atomic E-state index is -0.135. The SMILES string of the molecule is Fc1ccccc1N1CC[N-]CC1. The Morgan fingerprint density at radius 2 is 1.85 bits per heavy atom. The third kappa shape index (κ3) is 1.80. The van der Waals surface area contributed by atoms with Gasteiger partial charge in [0.05, 0.1) is 5.69 Å². The van der Waals surface area contributed by atoms with Crippen LogP contribution in [0.15, 0.2) is 24.3 Å². The van der Waals surface area contributed by atoms with E-state index in [0.29, 0.717) is 5.69 Å².